The molecule has 0 spiro atoms. The Labute approximate surface area is 199 Å². The summed E-state index contributed by atoms with van der Waals surface area (Å²) in [6.45, 7) is 11.7. The van der Waals surface area contributed by atoms with Crippen molar-refractivity contribution in [1.82, 2.24) is 8.87 Å². The topological polar surface area (TPSA) is 71.7 Å². The monoisotopic (exact) mass is 483 g/mol. The Morgan fingerprint density at radius 3 is 2.48 bits per heavy atom. The van der Waals surface area contributed by atoms with E-state index < -0.39 is 15.9 Å². The molecule has 0 bridgehead atoms. The maximum absolute atomic E-state index is 12.9. The number of rotatable bonds is 5. The van der Waals surface area contributed by atoms with E-state index in [2.05, 4.69) is 37.6 Å². The molecule has 1 aliphatic heterocycles. The first-order valence-electron chi connectivity index (χ1n) is 11.1. The van der Waals surface area contributed by atoms with Gasteiger partial charge in [0.2, 0.25) is 10.0 Å². The Morgan fingerprint density at radius 1 is 1.18 bits per heavy atom. The number of carbonyl (C=O) groups excluding carboxylic acids is 1. The summed E-state index contributed by atoms with van der Waals surface area (Å²) in [6.07, 6.45) is 3.52. The van der Waals surface area contributed by atoms with Crippen molar-refractivity contribution in [3.63, 3.8) is 0 Å². The molecule has 1 saturated heterocycles. The first-order valence-corrected chi connectivity index (χ1v) is 13.4. The first kappa shape index (κ1) is 23.6. The average Bonchev–Trinajstić information content (AvgIpc) is 3.12. The Bertz CT molecular complexity index is 1370. The summed E-state index contributed by atoms with van der Waals surface area (Å²) in [5.41, 5.74) is 3.68. The molecular formula is C25H29N3O3S2. The van der Waals surface area contributed by atoms with Crippen molar-refractivity contribution in [2.75, 3.05) is 13.1 Å². The zero-order valence-electron chi connectivity index (χ0n) is 19.2. The molecule has 6 nitrogen and oxygen atoms in total. The third kappa shape index (κ3) is 4.74. The molecule has 33 heavy (non-hydrogen) atoms. The van der Waals surface area contributed by atoms with Gasteiger partial charge < -0.3 is 4.57 Å². The van der Waals surface area contributed by atoms with Crippen molar-refractivity contribution in [2.24, 2.45) is 10.9 Å². The molecule has 2 aromatic carbocycles. The molecule has 0 saturated carbocycles. The van der Waals surface area contributed by atoms with Gasteiger partial charge in [-0.1, -0.05) is 30.4 Å². The molecule has 8 heteroatoms. The number of sulfonamides is 1. The number of carbonyl (C=O) groups is 1. The van der Waals surface area contributed by atoms with Gasteiger partial charge in [0.15, 0.2) is 4.80 Å². The number of allylic oxidation sites excluding steroid dienone is 1. The third-order valence-corrected chi connectivity index (χ3v) is 9.25. The fourth-order valence-electron chi connectivity index (χ4n) is 4.20. The molecule has 0 atom stereocenters. The Balaban J connectivity index is 1.65. The van der Waals surface area contributed by atoms with Crippen LogP contribution in [0.1, 0.15) is 41.3 Å². The second kappa shape index (κ2) is 9.37. The lowest BCUT2D eigenvalue weighted by Gasteiger charge is -2.29. The van der Waals surface area contributed by atoms with Crippen LogP contribution in [0, 0.1) is 19.8 Å². The highest BCUT2D eigenvalue weighted by Gasteiger charge is 2.28. The number of piperidine rings is 1. The van der Waals surface area contributed by atoms with Crippen molar-refractivity contribution < 1.29 is 13.2 Å². The van der Waals surface area contributed by atoms with E-state index in [-0.39, 0.29) is 4.90 Å². The molecule has 1 aromatic heterocycles. The number of fused-ring (bicyclic) bond motifs is 1. The standard InChI is InChI=1S/C25H29N3O3S2/c1-5-12-28-22-16-18(3)15-19(4)23(22)32-25(28)26-24(29)20-6-8-21(9-7-20)33(30,31)27-13-10-17(2)11-14-27/h5-9,15-17H,1,10-14H2,2-4H3. The second-order valence-electron chi connectivity index (χ2n) is 8.74. The second-order valence-corrected chi connectivity index (χ2v) is 11.7. The van der Waals surface area contributed by atoms with Gasteiger partial charge in [-0.05, 0) is 74.1 Å². The Morgan fingerprint density at radius 2 is 1.85 bits per heavy atom. The summed E-state index contributed by atoms with van der Waals surface area (Å²) in [7, 11) is -3.55. The summed E-state index contributed by atoms with van der Waals surface area (Å²) < 4.78 is 30.5. The molecule has 0 radical (unpaired) electrons. The van der Waals surface area contributed by atoms with Crippen LogP contribution in [0.4, 0.5) is 0 Å². The normalized spacial score (nSPS) is 16.4. The molecule has 0 N–H and O–H groups in total. The quantitative estimate of drug-likeness (QED) is 0.495. The number of benzene rings is 2. The number of amides is 1. The van der Waals surface area contributed by atoms with Crippen LogP contribution in [-0.4, -0.2) is 36.3 Å². The summed E-state index contributed by atoms with van der Waals surface area (Å²) in [6, 6.07) is 10.3. The van der Waals surface area contributed by atoms with Gasteiger partial charge >= 0.3 is 0 Å². The predicted octanol–water partition coefficient (Wildman–Crippen LogP) is 4.67. The highest BCUT2D eigenvalue weighted by Crippen LogP contribution is 2.25. The van der Waals surface area contributed by atoms with Crippen LogP contribution in [0.15, 0.2) is 58.9 Å². The van der Waals surface area contributed by atoms with Gasteiger partial charge in [0.05, 0.1) is 15.1 Å². The largest absolute Gasteiger partial charge is 0.312 e. The zero-order chi connectivity index (χ0) is 23.8. The molecule has 1 amide bonds. The van der Waals surface area contributed by atoms with E-state index in [9.17, 15) is 13.2 Å². The van der Waals surface area contributed by atoms with Gasteiger partial charge in [0.1, 0.15) is 0 Å². The van der Waals surface area contributed by atoms with Gasteiger partial charge in [-0.15, -0.1) is 6.58 Å². The van der Waals surface area contributed by atoms with E-state index in [0.29, 0.717) is 35.9 Å². The summed E-state index contributed by atoms with van der Waals surface area (Å²) in [5.74, 6) is 0.146. The van der Waals surface area contributed by atoms with E-state index in [0.717, 1.165) is 34.2 Å². The maximum Gasteiger partial charge on any atom is 0.279 e. The van der Waals surface area contributed by atoms with Gasteiger partial charge in [-0.2, -0.15) is 9.30 Å². The Hall–Kier alpha value is -2.55. The molecule has 174 valence electrons. The third-order valence-electron chi connectivity index (χ3n) is 6.10. The average molecular weight is 484 g/mol. The van der Waals surface area contributed by atoms with Crippen molar-refractivity contribution >= 4 is 37.5 Å². The van der Waals surface area contributed by atoms with Crippen LogP contribution < -0.4 is 4.80 Å². The highest BCUT2D eigenvalue weighted by atomic mass is 32.2. The minimum Gasteiger partial charge on any atom is -0.312 e. The summed E-state index contributed by atoms with van der Waals surface area (Å²) >= 11 is 1.47. The van der Waals surface area contributed by atoms with Crippen molar-refractivity contribution in [3.05, 3.63) is 70.5 Å². The van der Waals surface area contributed by atoms with E-state index >= 15 is 0 Å². The molecule has 3 aromatic rings. The number of hydrogen-bond acceptors (Lipinski definition) is 4. The fourth-order valence-corrected chi connectivity index (χ4v) is 6.76. The van der Waals surface area contributed by atoms with E-state index in [1.165, 1.54) is 27.8 Å². The van der Waals surface area contributed by atoms with Crippen LogP contribution in [0.5, 0.6) is 0 Å². The van der Waals surface area contributed by atoms with Gasteiger partial charge in [-0.3, -0.25) is 4.79 Å². The van der Waals surface area contributed by atoms with Crippen LogP contribution in [0.3, 0.4) is 0 Å². The maximum atomic E-state index is 12.9. The van der Waals surface area contributed by atoms with E-state index in [1.54, 1.807) is 18.2 Å². The number of hydrogen-bond donors (Lipinski definition) is 0. The molecule has 0 aliphatic carbocycles. The number of nitrogens with zero attached hydrogens (tertiary/aromatic N) is 3. The molecule has 0 unspecified atom stereocenters. The van der Waals surface area contributed by atoms with E-state index in [1.807, 2.05) is 11.5 Å². The molecule has 4 rings (SSSR count). The van der Waals surface area contributed by atoms with Crippen LogP contribution in [0.25, 0.3) is 10.2 Å². The van der Waals surface area contributed by atoms with Crippen molar-refractivity contribution in [2.45, 2.75) is 45.1 Å². The lowest BCUT2D eigenvalue weighted by molar-refractivity contribution is 0.0997. The minimum absolute atomic E-state index is 0.211. The SMILES string of the molecule is C=CCn1c(=NC(=O)c2ccc(S(=O)(=O)N3CCC(C)CC3)cc2)sc2c(C)cc(C)cc21. The number of thiazole rings is 1. The predicted molar refractivity (Wildman–Crippen MR) is 133 cm³/mol. The van der Waals surface area contributed by atoms with Crippen LogP contribution in [0.2, 0.25) is 0 Å². The molecule has 1 aliphatic rings. The molecule has 2 heterocycles. The van der Waals surface area contributed by atoms with Gasteiger partial charge in [0, 0.05) is 25.2 Å². The van der Waals surface area contributed by atoms with Crippen molar-refractivity contribution in [3.8, 4) is 0 Å². The summed E-state index contributed by atoms with van der Waals surface area (Å²) in [4.78, 5) is 18.1. The zero-order valence-corrected chi connectivity index (χ0v) is 20.9. The molecular weight excluding hydrogens is 454 g/mol. The lowest BCUT2D eigenvalue weighted by atomic mass is 10.0. The molecule has 1 fully saturated rings. The van der Waals surface area contributed by atoms with Gasteiger partial charge in [-0.25, -0.2) is 8.42 Å². The lowest BCUT2D eigenvalue weighted by Crippen LogP contribution is -2.37. The first-order chi connectivity index (χ1) is 15.7. The smallest absolute Gasteiger partial charge is 0.279 e. The minimum atomic E-state index is -3.55. The van der Waals surface area contributed by atoms with Crippen LogP contribution >= 0.6 is 11.3 Å². The van der Waals surface area contributed by atoms with E-state index in [4.69, 9.17) is 0 Å². The number of aromatic nitrogens is 1. The summed E-state index contributed by atoms with van der Waals surface area (Å²) in [5, 5.41) is 0. The highest BCUT2D eigenvalue weighted by molar-refractivity contribution is 7.89. The number of aryl methyl sites for hydroxylation is 2. The fraction of sp³-hybridized carbons (Fsp3) is 0.360. The van der Waals surface area contributed by atoms with Crippen LogP contribution in [-0.2, 0) is 16.6 Å². The Kier molecular flexibility index (Phi) is 6.70. The van der Waals surface area contributed by atoms with Gasteiger partial charge in [0.25, 0.3) is 5.91 Å². The van der Waals surface area contributed by atoms with Crippen molar-refractivity contribution in [1.29, 1.82) is 0 Å².